The summed E-state index contributed by atoms with van der Waals surface area (Å²) >= 11 is 0. The van der Waals surface area contributed by atoms with Crippen LogP contribution in [0.3, 0.4) is 0 Å². The fourth-order valence-electron chi connectivity index (χ4n) is 2.23. The van der Waals surface area contributed by atoms with E-state index in [0.29, 0.717) is 24.2 Å². The van der Waals surface area contributed by atoms with Gasteiger partial charge in [0.1, 0.15) is 6.04 Å². The molecule has 1 saturated heterocycles. The molecule has 96 valence electrons. The molecule has 0 bridgehead atoms. The fourth-order valence-corrected chi connectivity index (χ4v) is 2.23. The van der Waals surface area contributed by atoms with Gasteiger partial charge in [-0.2, -0.15) is 0 Å². The maximum Gasteiger partial charge on any atom is 0.328 e. The zero-order chi connectivity index (χ0) is 13.1. The number of carbonyl (C=O) groups excluding carboxylic acids is 2. The van der Waals surface area contributed by atoms with Gasteiger partial charge in [-0.3, -0.25) is 4.79 Å². The van der Waals surface area contributed by atoms with Crippen molar-refractivity contribution >= 4 is 17.6 Å². The van der Waals surface area contributed by atoms with E-state index in [2.05, 4.69) is 0 Å². The van der Waals surface area contributed by atoms with E-state index in [1.807, 2.05) is 0 Å². The number of nitrogens with two attached hydrogens (primary N) is 1. The van der Waals surface area contributed by atoms with Gasteiger partial charge >= 0.3 is 5.97 Å². The molecule has 5 heteroatoms. The van der Waals surface area contributed by atoms with E-state index in [1.165, 1.54) is 7.11 Å². The van der Waals surface area contributed by atoms with Gasteiger partial charge in [-0.25, -0.2) is 4.79 Å². The first-order valence-electron chi connectivity index (χ1n) is 5.88. The number of benzene rings is 1. The standard InChI is InChI=1S/C13H16N2O3/c1-18-13(17)11-6-3-7-15(11)12(16)9-4-2-5-10(14)8-9/h2,4-5,8,11H,3,6-7,14H2,1H3. The minimum absolute atomic E-state index is 0.171. The van der Waals surface area contributed by atoms with Crippen molar-refractivity contribution < 1.29 is 14.3 Å². The molecule has 0 aromatic heterocycles. The first-order chi connectivity index (χ1) is 8.63. The van der Waals surface area contributed by atoms with Crippen molar-refractivity contribution in [1.29, 1.82) is 0 Å². The van der Waals surface area contributed by atoms with Crippen LogP contribution in [0.2, 0.25) is 0 Å². The Morgan fingerprint density at radius 3 is 2.89 bits per heavy atom. The molecular weight excluding hydrogens is 232 g/mol. The van der Waals surface area contributed by atoms with Crippen LogP contribution in [-0.2, 0) is 9.53 Å². The van der Waals surface area contributed by atoms with Crippen LogP contribution in [0.1, 0.15) is 23.2 Å². The van der Waals surface area contributed by atoms with Crippen LogP contribution < -0.4 is 5.73 Å². The van der Waals surface area contributed by atoms with Gasteiger partial charge in [0, 0.05) is 17.8 Å². The van der Waals surface area contributed by atoms with Crippen LogP contribution in [0.15, 0.2) is 24.3 Å². The smallest absolute Gasteiger partial charge is 0.328 e. The Balaban J connectivity index is 2.20. The topological polar surface area (TPSA) is 72.6 Å². The molecule has 1 fully saturated rings. The third-order valence-corrected chi connectivity index (χ3v) is 3.12. The Bertz CT molecular complexity index is 473. The molecule has 1 aromatic rings. The number of hydrogen-bond donors (Lipinski definition) is 1. The predicted molar refractivity (Wildman–Crippen MR) is 66.9 cm³/mol. The molecule has 1 unspecified atom stereocenters. The van der Waals surface area contributed by atoms with Crippen molar-refractivity contribution in [3.63, 3.8) is 0 Å². The van der Waals surface area contributed by atoms with Gasteiger partial charge in [0.2, 0.25) is 0 Å². The second-order valence-electron chi connectivity index (χ2n) is 4.31. The molecule has 18 heavy (non-hydrogen) atoms. The highest BCUT2D eigenvalue weighted by molar-refractivity contribution is 5.97. The summed E-state index contributed by atoms with van der Waals surface area (Å²) in [5.41, 5.74) is 6.70. The molecule has 1 amide bonds. The summed E-state index contributed by atoms with van der Waals surface area (Å²) in [7, 11) is 1.34. The number of likely N-dealkylation sites (tertiary alicyclic amines) is 1. The number of carbonyl (C=O) groups is 2. The van der Waals surface area contributed by atoms with Crippen LogP contribution in [0.25, 0.3) is 0 Å². The van der Waals surface area contributed by atoms with Gasteiger partial charge in [-0.1, -0.05) is 6.07 Å². The van der Waals surface area contributed by atoms with Crippen LogP contribution >= 0.6 is 0 Å². The van der Waals surface area contributed by atoms with E-state index >= 15 is 0 Å². The van der Waals surface area contributed by atoms with E-state index in [-0.39, 0.29) is 11.9 Å². The number of ether oxygens (including phenoxy) is 1. The molecular formula is C13H16N2O3. The van der Waals surface area contributed by atoms with Gasteiger partial charge in [-0.15, -0.1) is 0 Å². The molecule has 0 radical (unpaired) electrons. The van der Waals surface area contributed by atoms with E-state index in [4.69, 9.17) is 10.5 Å². The molecule has 1 heterocycles. The normalized spacial score (nSPS) is 18.7. The Morgan fingerprint density at radius 2 is 2.22 bits per heavy atom. The third kappa shape index (κ3) is 2.30. The molecule has 0 spiro atoms. The van der Waals surface area contributed by atoms with Crippen molar-refractivity contribution in [3.8, 4) is 0 Å². The second-order valence-corrected chi connectivity index (χ2v) is 4.31. The van der Waals surface area contributed by atoms with Crippen molar-refractivity contribution in [1.82, 2.24) is 4.90 Å². The highest BCUT2D eigenvalue weighted by Crippen LogP contribution is 2.21. The van der Waals surface area contributed by atoms with Crippen LogP contribution in [0.5, 0.6) is 0 Å². The summed E-state index contributed by atoms with van der Waals surface area (Å²) in [5.74, 6) is -0.528. The lowest BCUT2D eigenvalue weighted by Crippen LogP contribution is -2.41. The Labute approximate surface area is 106 Å². The maximum atomic E-state index is 12.3. The fraction of sp³-hybridized carbons (Fsp3) is 0.385. The third-order valence-electron chi connectivity index (χ3n) is 3.12. The highest BCUT2D eigenvalue weighted by Gasteiger charge is 2.35. The predicted octanol–water partition coefficient (Wildman–Crippen LogP) is 1.05. The Kier molecular flexibility index (Phi) is 3.50. The first-order valence-corrected chi connectivity index (χ1v) is 5.88. The van der Waals surface area contributed by atoms with Crippen LogP contribution in [0.4, 0.5) is 5.69 Å². The highest BCUT2D eigenvalue weighted by atomic mass is 16.5. The summed E-state index contributed by atoms with van der Waals surface area (Å²) in [6.07, 6.45) is 1.47. The number of rotatable bonds is 2. The maximum absolute atomic E-state index is 12.3. The first kappa shape index (κ1) is 12.4. The van der Waals surface area contributed by atoms with E-state index in [9.17, 15) is 9.59 Å². The Hall–Kier alpha value is -2.04. The number of amides is 1. The molecule has 1 aliphatic rings. The number of nitrogen functional groups attached to an aromatic ring is 1. The minimum Gasteiger partial charge on any atom is -0.467 e. The lowest BCUT2D eigenvalue weighted by Gasteiger charge is -2.22. The minimum atomic E-state index is -0.469. The molecule has 1 aromatic carbocycles. The number of hydrogen-bond acceptors (Lipinski definition) is 4. The van der Waals surface area contributed by atoms with Crippen molar-refractivity contribution in [2.45, 2.75) is 18.9 Å². The summed E-state index contributed by atoms with van der Waals surface area (Å²) in [5, 5.41) is 0. The van der Waals surface area contributed by atoms with Gasteiger partial charge in [0.25, 0.3) is 5.91 Å². The summed E-state index contributed by atoms with van der Waals surface area (Å²) in [6.45, 7) is 0.577. The van der Waals surface area contributed by atoms with Gasteiger partial charge in [0.15, 0.2) is 0 Å². The average molecular weight is 248 g/mol. The second kappa shape index (κ2) is 5.08. The summed E-state index contributed by atoms with van der Waals surface area (Å²) < 4.78 is 4.72. The molecule has 0 aliphatic carbocycles. The molecule has 2 rings (SSSR count). The van der Waals surface area contributed by atoms with Gasteiger partial charge < -0.3 is 15.4 Å². The molecule has 1 aliphatic heterocycles. The quantitative estimate of drug-likeness (QED) is 0.627. The Morgan fingerprint density at radius 1 is 1.44 bits per heavy atom. The lowest BCUT2D eigenvalue weighted by atomic mass is 10.1. The summed E-state index contributed by atoms with van der Waals surface area (Å²) in [6, 6.07) is 6.30. The van der Waals surface area contributed by atoms with Crippen molar-refractivity contribution in [2.75, 3.05) is 19.4 Å². The number of anilines is 1. The lowest BCUT2D eigenvalue weighted by molar-refractivity contribution is -0.145. The molecule has 1 atom stereocenters. The van der Waals surface area contributed by atoms with Crippen molar-refractivity contribution in [3.05, 3.63) is 29.8 Å². The van der Waals surface area contributed by atoms with E-state index < -0.39 is 6.04 Å². The van der Waals surface area contributed by atoms with Gasteiger partial charge in [-0.05, 0) is 31.0 Å². The SMILES string of the molecule is COC(=O)C1CCCN1C(=O)c1cccc(N)c1. The number of methoxy groups -OCH3 is 1. The summed E-state index contributed by atoms with van der Waals surface area (Å²) in [4.78, 5) is 25.4. The zero-order valence-electron chi connectivity index (χ0n) is 10.3. The molecule has 0 saturated carbocycles. The molecule has 2 N–H and O–H groups in total. The van der Waals surface area contributed by atoms with Crippen LogP contribution in [-0.4, -0.2) is 36.5 Å². The average Bonchev–Trinajstić information content (AvgIpc) is 2.86. The zero-order valence-corrected chi connectivity index (χ0v) is 10.3. The number of nitrogens with zero attached hydrogens (tertiary/aromatic N) is 1. The number of esters is 1. The monoisotopic (exact) mass is 248 g/mol. The van der Waals surface area contributed by atoms with E-state index in [1.54, 1.807) is 29.2 Å². The van der Waals surface area contributed by atoms with Crippen LogP contribution in [0, 0.1) is 0 Å². The van der Waals surface area contributed by atoms with E-state index in [0.717, 1.165) is 6.42 Å². The van der Waals surface area contributed by atoms with Gasteiger partial charge in [0.05, 0.1) is 7.11 Å². The van der Waals surface area contributed by atoms with Crippen molar-refractivity contribution in [2.24, 2.45) is 0 Å². The molecule has 5 nitrogen and oxygen atoms in total. The largest absolute Gasteiger partial charge is 0.467 e.